The zero-order valence-corrected chi connectivity index (χ0v) is 12.6. The molecule has 1 aliphatic heterocycles. The third-order valence-electron chi connectivity index (χ3n) is 5.35. The van der Waals surface area contributed by atoms with E-state index in [-0.39, 0.29) is 0 Å². The van der Waals surface area contributed by atoms with Crippen LogP contribution in [0.1, 0.15) is 62.5 Å². The standard InChI is InChI=1S/C18H25NO/c1-14(2)15-3-5-16(6-4-15)17-7-9-18(10-8-17)11-19(12-18)13-20/h3-6,13-14,17H,7-12H2,1-2H3. The molecule has 1 heterocycles. The van der Waals surface area contributed by atoms with Crippen molar-refractivity contribution in [2.75, 3.05) is 13.1 Å². The molecule has 0 unspecified atom stereocenters. The molecule has 2 heteroatoms. The SMILES string of the molecule is CC(C)c1ccc(C2CCC3(CC2)CN(C=O)C3)cc1. The molecule has 1 saturated carbocycles. The number of likely N-dealkylation sites (tertiary alicyclic amines) is 1. The first-order valence-electron chi connectivity index (χ1n) is 7.91. The molecule has 1 spiro atoms. The van der Waals surface area contributed by atoms with Crippen LogP contribution < -0.4 is 0 Å². The van der Waals surface area contributed by atoms with Crippen molar-refractivity contribution >= 4 is 6.41 Å². The van der Waals surface area contributed by atoms with Gasteiger partial charge in [0.15, 0.2) is 0 Å². The Bertz CT molecular complexity index is 461. The first-order chi connectivity index (χ1) is 9.62. The van der Waals surface area contributed by atoms with Gasteiger partial charge in [-0.1, -0.05) is 38.1 Å². The van der Waals surface area contributed by atoms with E-state index in [4.69, 9.17) is 0 Å². The van der Waals surface area contributed by atoms with E-state index in [1.165, 1.54) is 36.8 Å². The third kappa shape index (κ3) is 2.48. The van der Waals surface area contributed by atoms with Gasteiger partial charge in [0.2, 0.25) is 6.41 Å². The highest BCUT2D eigenvalue weighted by Gasteiger charge is 2.44. The first-order valence-corrected chi connectivity index (χ1v) is 7.91. The summed E-state index contributed by atoms with van der Waals surface area (Å²) in [5.41, 5.74) is 3.41. The van der Waals surface area contributed by atoms with Crippen molar-refractivity contribution in [3.05, 3.63) is 35.4 Å². The Kier molecular flexibility index (Phi) is 3.57. The molecule has 20 heavy (non-hydrogen) atoms. The van der Waals surface area contributed by atoms with Crippen LogP contribution in [0.25, 0.3) is 0 Å². The maximum Gasteiger partial charge on any atom is 0.209 e. The Morgan fingerprint density at radius 3 is 2.25 bits per heavy atom. The van der Waals surface area contributed by atoms with Gasteiger partial charge in [0.25, 0.3) is 0 Å². The molecule has 0 radical (unpaired) electrons. The zero-order valence-electron chi connectivity index (χ0n) is 12.6. The average molecular weight is 271 g/mol. The van der Waals surface area contributed by atoms with Crippen molar-refractivity contribution in [2.24, 2.45) is 5.41 Å². The van der Waals surface area contributed by atoms with Crippen LogP contribution in [-0.4, -0.2) is 24.4 Å². The van der Waals surface area contributed by atoms with Gasteiger partial charge in [-0.15, -0.1) is 0 Å². The van der Waals surface area contributed by atoms with Crippen LogP contribution in [0.4, 0.5) is 0 Å². The van der Waals surface area contributed by atoms with E-state index in [0.717, 1.165) is 25.4 Å². The van der Waals surface area contributed by atoms with Gasteiger partial charge in [-0.05, 0) is 48.6 Å². The summed E-state index contributed by atoms with van der Waals surface area (Å²) in [6.45, 7) is 6.48. The van der Waals surface area contributed by atoms with E-state index in [0.29, 0.717) is 11.3 Å². The fourth-order valence-electron chi connectivity index (χ4n) is 3.92. The van der Waals surface area contributed by atoms with Crippen molar-refractivity contribution in [3.63, 3.8) is 0 Å². The van der Waals surface area contributed by atoms with Gasteiger partial charge in [0, 0.05) is 18.5 Å². The number of rotatable bonds is 3. The monoisotopic (exact) mass is 271 g/mol. The van der Waals surface area contributed by atoms with E-state index in [9.17, 15) is 4.79 Å². The van der Waals surface area contributed by atoms with Gasteiger partial charge in [0.05, 0.1) is 0 Å². The maximum absolute atomic E-state index is 10.7. The summed E-state index contributed by atoms with van der Waals surface area (Å²) in [5, 5.41) is 0. The van der Waals surface area contributed by atoms with E-state index in [1.807, 2.05) is 4.90 Å². The molecule has 2 nitrogen and oxygen atoms in total. The minimum absolute atomic E-state index is 0.468. The van der Waals surface area contributed by atoms with Crippen LogP contribution in [0.5, 0.6) is 0 Å². The van der Waals surface area contributed by atoms with Crippen molar-refractivity contribution in [3.8, 4) is 0 Å². The number of nitrogens with zero attached hydrogens (tertiary/aromatic N) is 1. The zero-order chi connectivity index (χ0) is 14.2. The normalized spacial score (nSPS) is 22.1. The Morgan fingerprint density at radius 2 is 1.75 bits per heavy atom. The van der Waals surface area contributed by atoms with Gasteiger partial charge >= 0.3 is 0 Å². The number of carbonyl (C=O) groups excluding carboxylic acids is 1. The van der Waals surface area contributed by atoms with E-state index in [2.05, 4.69) is 38.1 Å². The quantitative estimate of drug-likeness (QED) is 0.763. The fourth-order valence-corrected chi connectivity index (χ4v) is 3.92. The summed E-state index contributed by atoms with van der Waals surface area (Å²) in [6, 6.07) is 9.25. The number of benzene rings is 1. The van der Waals surface area contributed by atoms with Crippen molar-refractivity contribution < 1.29 is 4.79 Å². The van der Waals surface area contributed by atoms with Crippen molar-refractivity contribution in [1.82, 2.24) is 4.90 Å². The second-order valence-corrected chi connectivity index (χ2v) is 7.11. The lowest BCUT2D eigenvalue weighted by atomic mass is 9.65. The molecule has 1 amide bonds. The molecule has 3 rings (SSSR count). The molecule has 1 aromatic rings. The topological polar surface area (TPSA) is 20.3 Å². The van der Waals surface area contributed by atoms with Gasteiger partial charge < -0.3 is 4.90 Å². The lowest BCUT2D eigenvalue weighted by Gasteiger charge is -2.52. The average Bonchev–Trinajstić information content (AvgIpc) is 2.45. The molecule has 2 fully saturated rings. The molecule has 1 aromatic carbocycles. The Balaban J connectivity index is 1.59. The molecular weight excluding hydrogens is 246 g/mol. The predicted molar refractivity (Wildman–Crippen MR) is 81.8 cm³/mol. The lowest BCUT2D eigenvalue weighted by Crippen LogP contribution is -2.56. The molecular formula is C18H25NO. The summed E-state index contributed by atoms with van der Waals surface area (Å²) < 4.78 is 0. The van der Waals surface area contributed by atoms with Crippen LogP contribution in [0.15, 0.2) is 24.3 Å². The molecule has 0 atom stereocenters. The predicted octanol–water partition coefficient (Wildman–Crippen LogP) is 3.93. The summed E-state index contributed by atoms with van der Waals surface area (Å²) in [5.74, 6) is 1.34. The Morgan fingerprint density at radius 1 is 1.15 bits per heavy atom. The summed E-state index contributed by atoms with van der Waals surface area (Å²) in [6.07, 6.45) is 6.14. The fraction of sp³-hybridized carbons (Fsp3) is 0.611. The highest BCUT2D eigenvalue weighted by Crippen LogP contribution is 2.47. The minimum atomic E-state index is 0.468. The Labute approximate surface area is 122 Å². The number of hydrogen-bond acceptors (Lipinski definition) is 1. The molecule has 108 valence electrons. The number of hydrogen-bond donors (Lipinski definition) is 0. The number of carbonyl (C=O) groups is 1. The first kappa shape index (κ1) is 13.7. The van der Waals surface area contributed by atoms with Crippen LogP contribution in [0, 0.1) is 5.41 Å². The summed E-state index contributed by atoms with van der Waals surface area (Å²) in [4.78, 5) is 12.6. The van der Waals surface area contributed by atoms with Gasteiger partial charge in [-0.3, -0.25) is 4.79 Å². The summed E-state index contributed by atoms with van der Waals surface area (Å²) in [7, 11) is 0. The summed E-state index contributed by atoms with van der Waals surface area (Å²) >= 11 is 0. The highest BCUT2D eigenvalue weighted by molar-refractivity contribution is 5.49. The minimum Gasteiger partial charge on any atom is -0.344 e. The van der Waals surface area contributed by atoms with Gasteiger partial charge in [0.1, 0.15) is 0 Å². The molecule has 1 saturated heterocycles. The molecule has 2 aliphatic rings. The van der Waals surface area contributed by atoms with Crippen LogP contribution in [0.3, 0.4) is 0 Å². The van der Waals surface area contributed by atoms with Crippen molar-refractivity contribution in [2.45, 2.75) is 51.4 Å². The molecule has 0 aromatic heterocycles. The van der Waals surface area contributed by atoms with Gasteiger partial charge in [-0.2, -0.15) is 0 Å². The second-order valence-electron chi connectivity index (χ2n) is 7.11. The van der Waals surface area contributed by atoms with Crippen molar-refractivity contribution in [1.29, 1.82) is 0 Å². The smallest absolute Gasteiger partial charge is 0.209 e. The highest BCUT2D eigenvalue weighted by atomic mass is 16.1. The van der Waals surface area contributed by atoms with E-state index in [1.54, 1.807) is 0 Å². The van der Waals surface area contributed by atoms with Crippen LogP contribution in [0.2, 0.25) is 0 Å². The largest absolute Gasteiger partial charge is 0.344 e. The van der Waals surface area contributed by atoms with E-state index < -0.39 is 0 Å². The van der Waals surface area contributed by atoms with Gasteiger partial charge in [-0.25, -0.2) is 0 Å². The third-order valence-corrected chi connectivity index (χ3v) is 5.35. The van der Waals surface area contributed by atoms with Crippen LogP contribution >= 0.6 is 0 Å². The molecule has 0 bridgehead atoms. The maximum atomic E-state index is 10.7. The molecule has 0 N–H and O–H groups in total. The molecule has 1 aliphatic carbocycles. The second kappa shape index (κ2) is 5.23. The lowest BCUT2D eigenvalue weighted by molar-refractivity contribution is -0.131. The Hall–Kier alpha value is -1.31. The van der Waals surface area contributed by atoms with Crippen LogP contribution in [-0.2, 0) is 4.79 Å². The number of amides is 1. The van der Waals surface area contributed by atoms with E-state index >= 15 is 0 Å².